The van der Waals surface area contributed by atoms with E-state index < -0.39 is 0 Å². The normalized spacial score (nSPS) is 17.3. The predicted octanol–water partition coefficient (Wildman–Crippen LogP) is 17.9. The highest BCUT2D eigenvalue weighted by Gasteiger charge is 2.40. The van der Waals surface area contributed by atoms with Crippen molar-refractivity contribution in [3.8, 4) is 22.3 Å². The molecule has 0 amide bonds. The first kappa shape index (κ1) is 41.5. The zero-order valence-corrected chi connectivity index (χ0v) is 38.7. The largest absolute Gasteiger partial charge is 0.311 e. The lowest BCUT2D eigenvalue weighted by molar-refractivity contribution is 0.217. The maximum atomic E-state index is 2.48. The number of hydrogen-bond acceptors (Lipinski definition) is 2. The van der Waals surface area contributed by atoms with Crippen LogP contribution in [0, 0.1) is 11.8 Å². The Bertz CT molecular complexity index is 3080. The zero-order valence-electron chi connectivity index (χ0n) is 38.7. The summed E-state index contributed by atoms with van der Waals surface area (Å²) in [4.78, 5) is 4.84. The first-order valence-corrected chi connectivity index (χ1v) is 24.0. The fourth-order valence-corrected chi connectivity index (χ4v) is 11.5. The monoisotopic (exact) mass is 854 g/mol. The molecule has 0 saturated heterocycles. The summed E-state index contributed by atoms with van der Waals surface area (Å²) in [6, 6.07) is 81.2. The Balaban J connectivity index is 1.00. The van der Waals surface area contributed by atoms with Gasteiger partial charge in [0.15, 0.2) is 0 Å². The second-order valence-corrected chi connectivity index (χ2v) is 19.6. The standard InChI is InChI=1S/C64H58N2/c1-45(2)46-39-41-64(42-40-46,50-28-33-54(34-29-50)65(52-21-10-6-11-22-52)53-23-12-7-13-24-53)51-30-35-55(36-31-51)66(56-32-27-47-17-14-15-20-49(47)43-56)57-37-38-59-61(44-57)63(3,4)60-26-16-25-58(62(59)60)48-18-8-5-9-19-48/h5-38,43-46H,39-42H2,1-4H3. The van der Waals surface area contributed by atoms with Gasteiger partial charge in [0.05, 0.1) is 0 Å². The third-order valence-electron chi connectivity index (χ3n) is 15.2. The first-order chi connectivity index (χ1) is 32.3. The van der Waals surface area contributed by atoms with E-state index in [1.165, 1.54) is 79.5 Å². The van der Waals surface area contributed by atoms with E-state index in [4.69, 9.17) is 0 Å². The number of fused-ring (bicyclic) bond motifs is 4. The lowest BCUT2D eigenvalue weighted by atomic mass is 9.61. The molecule has 2 heteroatoms. The molecule has 0 aromatic heterocycles. The minimum Gasteiger partial charge on any atom is -0.311 e. The maximum Gasteiger partial charge on any atom is 0.0468 e. The van der Waals surface area contributed by atoms with Gasteiger partial charge in [0.1, 0.15) is 0 Å². The Morgan fingerprint density at radius 1 is 0.409 bits per heavy atom. The first-order valence-electron chi connectivity index (χ1n) is 24.0. The number of hydrogen-bond donors (Lipinski definition) is 0. The van der Waals surface area contributed by atoms with Crippen LogP contribution in [-0.4, -0.2) is 0 Å². The minimum absolute atomic E-state index is 0.0830. The molecule has 0 atom stereocenters. The predicted molar refractivity (Wildman–Crippen MR) is 280 cm³/mol. The van der Waals surface area contributed by atoms with Crippen LogP contribution < -0.4 is 9.80 Å². The van der Waals surface area contributed by atoms with Crippen LogP contribution in [0.2, 0.25) is 0 Å². The van der Waals surface area contributed by atoms with Crippen molar-refractivity contribution < 1.29 is 0 Å². The summed E-state index contributed by atoms with van der Waals surface area (Å²) in [5, 5.41) is 2.48. The van der Waals surface area contributed by atoms with Crippen molar-refractivity contribution in [2.45, 2.75) is 64.2 Å². The quantitative estimate of drug-likeness (QED) is 0.135. The number of benzene rings is 9. The van der Waals surface area contributed by atoms with Crippen molar-refractivity contribution in [3.05, 3.63) is 241 Å². The Labute approximate surface area is 391 Å². The Morgan fingerprint density at radius 2 is 0.894 bits per heavy atom. The van der Waals surface area contributed by atoms with Crippen LogP contribution >= 0.6 is 0 Å². The highest BCUT2D eigenvalue weighted by Crippen LogP contribution is 2.54. The van der Waals surface area contributed by atoms with Gasteiger partial charge < -0.3 is 9.80 Å². The van der Waals surface area contributed by atoms with Crippen molar-refractivity contribution in [1.29, 1.82) is 0 Å². The summed E-state index contributed by atoms with van der Waals surface area (Å²) in [5.74, 6) is 1.43. The second kappa shape index (κ2) is 17.0. The molecule has 0 N–H and O–H groups in total. The third kappa shape index (κ3) is 7.30. The molecule has 66 heavy (non-hydrogen) atoms. The number of rotatable bonds is 10. The molecule has 1 fully saturated rings. The van der Waals surface area contributed by atoms with Gasteiger partial charge in [-0.1, -0.05) is 173 Å². The summed E-state index contributed by atoms with van der Waals surface area (Å²) < 4.78 is 0. The lowest BCUT2D eigenvalue weighted by Gasteiger charge is -2.43. The topological polar surface area (TPSA) is 6.48 Å². The van der Waals surface area contributed by atoms with Gasteiger partial charge in [0.25, 0.3) is 0 Å². The Hall–Kier alpha value is -7.16. The molecular weight excluding hydrogens is 797 g/mol. The van der Waals surface area contributed by atoms with Crippen molar-refractivity contribution in [2.24, 2.45) is 11.8 Å². The summed E-state index contributed by atoms with van der Waals surface area (Å²) in [7, 11) is 0. The maximum absolute atomic E-state index is 2.48. The molecule has 0 bridgehead atoms. The highest BCUT2D eigenvalue weighted by molar-refractivity contribution is 5.95. The van der Waals surface area contributed by atoms with E-state index in [9.17, 15) is 0 Å². The fourth-order valence-electron chi connectivity index (χ4n) is 11.5. The number of anilines is 6. The molecule has 0 heterocycles. The molecular formula is C64H58N2. The minimum atomic E-state index is -0.166. The number of nitrogens with zero attached hydrogens (tertiary/aromatic N) is 2. The Morgan fingerprint density at radius 3 is 1.48 bits per heavy atom. The van der Waals surface area contributed by atoms with Gasteiger partial charge >= 0.3 is 0 Å². The average molecular weight is 855 g/mol. The third-order valence-corrected chi connectivity index (χ3v) is 15.2. The molecule has 0 radical (unpaired) electrons. The van der Waals surface area contributed by atoms with E-state index >= 15 is 0 Å². The van der Waals surface area contributed by atoms with E-state index in [2.05, 4.69) is 256 Å². The van der Waals surface area contributed by atoms with Gasteiger partial charge in [0, 0.05) is 45.0 Å². The molecule has 9 aromatic rings. The van der Waals surface area contributed by atoms with Crippen LogP contribution in [0.5, 0.6) is 0 Å². The van der Waals surface area contributed by atoms with Gasteiger partial charge in [-0.2, -0.15) is 0 Å². The molecule has 0 unspecified atom stereocenters. The van der Waals surface area contributed by atoms with Crippen molar-refractivity contribution in [2.75, 3.05) is 9.80 Å². The molecule has 0 aliphatic heterocycles. The van der Waals surface area contributed by atoms with Gasteiger partial charge in [-0.15, -0.1) is 0 Å². The van der Waals surface area contributed by atoms with E-state index in [0.29, 0.717) is 5.92 Å². The van der Waals surface area contributed by atoms with Crippen LogP contribution in [0.25, 0.3) is 33.0 Å². The van der Waals surface area contributed by atoms with Gasteiger partial charge in [-0.25, -0.2) is 0 Å². The fraction of sp³-hybridized carbons (Fsp3) is 0.188. The number of para-hydroxylation sites is 2. The van der Waals surface area contributed by atoms with E-state index in [-0.39, 0.29) is 10.8 Å². The molecule has 324 valence electrons. The van der Waals surface area contributed by atoms with Gasteiger partial charge in [-0.3, -0.25) is 0 Å². The van der Waals surface area contributed by atoms with E-state index in [1.807, 2.05) is 0 Å². The zero-order chi connectivity index (χ0) is 44.8. The van der Waals surface area contributed by atoms with Crippen molar-refractivity contribution in [3.63, 3.8) is 0 Å². The smallest absolute Gasteiger partial charge is 0.0468 e. The lowest BCUT2D eigenvalue weighted by Crippen LogP contribution is -2.34. The van der Waals surface area contributed by atoms with Crippen LogP contribution in [0.4, 0.5) is 34.1 Å². The summed E-state index contributed by atoms with van der Waals surface area (Å²) in [5.41, 5.74) is 17.5. The van der Waals surface area contributed by atoms with Crippen LogP contribution in [0.15, 0.2) is 218 Å². The Kier molecular flexibility index (Phi) is 10.7. The average Bonchev–Trinajstić information content (AvgIpc) is 3.60. The molecule has 9 aromatic carbocycles. The van der Waals surface area contributed by atoms with Gasteiger partial charge in [-0.05, 0) is 166 Å². The SMILES string of the molecule is CC(C)C1CCC(c2ccc(N(c3ccccc3)c3ccccc3)cc2)(c2ccc(N(c3ccc4c(c3)C(C)(C)c3cccc(-c5ccccc5)c3-4)c3ccc4ccccc4c3)cc2)CC1. The molecule has 11 rings (SSSR count). The highest BCUT2D eigenvalue weighted by atomic mass is 15.1. The van der Waals surface area contributed by atoms with Crippen LogP contribution in [0.1, 0.15) is 75.6 Å². The summed E-state index contributed by atoms with van der Waals surface area (Å²) in [6.07, 6.45) is 4.72. The molecule has 0 spiro atoms. The molecule has 2 nitrogen and oxygen atoms in total. The van der Waals surface area contributed by atoms with Gasteiger partial charge in [0.2, 0.25) is 0 Å². The molecule has 2 aliphatic rings. The molecule has 1 saturated carbocycles. The summed E-state index contributed by atoms with van der Waals surface area (Å²) >= 11 is 0. The summed E-state index contributed by atoms with van der Waals surface area (Å²) in [6.45, 7) is 9.61. The van der Waals surface area contributed by atoms with E-state index in [1.54, 1.807) is 0 Å². The van der Waals surface area contributed by atoms with Crippen LogP contribution in [0.3, 0.4) is 0 Å². The van der Waals surface area contributed by atoms with Crippen LogP contribution in [-0.2, 0) is 10.8 Å². The van der Waals surface area contributed by atoms with E-state index in [0.717, 1.165) is 41.5 Å². The molecule has 2 aliphatic carbocycles. The van der Waals surface area contributed by atoms with Crippen molar-refractivity contribution >= 4 is 44.9 Å². The van der Waals surface area contributed by atoms with Crippen molar-refractivity contribution in [1.82, 2.24) is 0 Å². The second-order valence-electron chi connectivity index (χ2n) is 19.6.